The lowest BCUT2D eigenvalue weighted by Gasteiger charge is -2.06. The van der Waals surface area contributed by atoms with Crippen molar-refractivity contribution in [2.24, 2.45) is 0 Å². The van der Waals surface area contributed by atoms with E-state index in [1.165, 1.54) is 0 Å². The van der Waals surface area contributed by atoms with Crippen molar-refractivity contribution in [3.05, 3.63) is 0 Å². The van der Waals surface area contributed by atoms with Crippen molar-refractivity contribution < 1.29 is 18.9 Å². The Morgan fingerprint density at radius 2 is 1.36 bits per heavy atom. The van der Waals surface area contributed by atoms with Crippen molar-refractivity contribution in [3.63, 3.8) is 0 Å². The predicted octanol–water partition coefficient (Wildman–Crippen LogP) is 1.84. The monoisotopic (exact) mass is 430 g/mol. The Morgan fingerprint density at radius 3 is 1.86 bits per heavy atom. The zero-order valence-electron chi connectivity index (χ0n) is 8.21. The maximum atomic E-state index is 5.27. The summed E-state index contributed by atoms with van der Waals surface area (Å²) in [4.78, 5) is 0. The molecule has 86 valence electrons. The van der Waals surface area contributed by atoms with Crippen LogP contribution >= 0.6 is 45.2 Å². The molecule has 0 aliphatic carbocycles. The number of rotatable bonds is 10. The number of hydrogen-bond acceptors (Lipinski definition) is 4. The van der Waals surface area contributed by atoms with Gasteiger partial charge < -0.3 is 18.9 Å². The maximum Gasteiger partial charge on any atom is 0.159 e. The molecule has 0 heterocycles. The Labute approximate surface area is 112 Å². The molecule has 0 N–H and O–H groups in total. The molecule has 4 nitrogen and oxygen atoms in total. The second-order valence-electron chi connectivity index (χ2n) is 2.35. The molecular formula is C8H16I2O4. The van der Waals surface area contributed by atoms with Crippen LogP contribution in [0.3, 0.4) is 0 Å². The van der Waals surface area contributed by atoms with Gasteiger partial charge in [0.1, 0.15) is 0 Å². The molecule has 0 saturated carbocycles. The minimum atomic E-state index is 0.215. The van der Waals surface area contributed by atoms with Gasteiger partial charge in [-0.2, -0.15) is 0 Å². The number of halogens is 2. The van der Waals surface area contributed by atoms with E-state index >= 15 is 0 Å². The Bertz CT molecular complexity index is 114. The van der Waals surface area contributed by atoms with Crippen LogP contribution < -0.4 is 0 Å². The van der Waals surface area contributed by atoms with Crippen molar-refractivity contribution in [2.45, 2.75) is 2.12 Å². The first kappa shape index (κ1) is 15.3. The van der Waals surface area contributed by atoms with Crippen molar-refractivity contribution in [2.75, 3.05) is 46.8 Å². The third kappa shape index (κ3) is 13.3. The average molecular weight is 430 g/mol. The van der Waals surface area contributed by atoms with E-state index in [9.17, 15) is 0 Å². The SMILES string of the molecule is COCCOCCOCCOC(I)I. The summed E-state index contributed by atoms with van der Waals surface area (Å²) in [7, 11) is 1.65. The second-order valence-corrected chi connectivity index (χ2v) is 7.00. The molecule has 0 fully saturated rings. The Morgan fingerprint density at radius 1 is 0.857 bits per heavy atom. The van der Waals surface area contributed by atoms with Gasteiger partial charge in [-0.1, -0.05) is 0 Å². The molecule has 0 aromatic carbocycles. The van der Waals surface area contributed by atoms with Crippen LogP contribution in [0.25, 0.3) is 0 Å². The highest BCUT2D eigenvalue weighted by Crippen LogP contribution is 2.09. The molecule has 0 aliphatic rings. The molecule has 0 aromatic heterocycles. The van der Waals surface area contributed by atoms with E-state index in [1.807, 2.05) is 0 Å². The Balaban J connectivity index is 2.85. The fraction of sp³-hybridized carbons (Fsp3) is 1.00. The van der Waals surface area contributed by atoms with Crippen LogP contribution in [-0.2, 0) is 18.9 Å². The van der Waals surface area contributed by atoms with Crippen molar-refractivity contribution in [3.8, 4) is 0 Å². The zero-order chi connectivity index (χ0) is 10.6. The van der Waals surface area contributed by atoms with Gasteiger partial charge in [0.05, 0.1) is 39.6 Å². The lowest BCUT2D eigenvalue weighted by Crippen LogP contribution is -2.11. The molecule has 0 radical (unpaired) electrons. The van der Waals surface area contributed by atoms with E-state index in [0.717, 1.165) is 0 Å². The average Bonchev–Trinajstić information content (AvgIpc) is 2.15. The number of alkyl halides is 2. The topological polar surface area (TPSA) is 36.9 Å². The van der Waals surface area contributed by atoms with E-state index in [4.69, 9.17) is 18.9 Å². The summed E-state index contributed by atoms with van der Waals surface area (Å²) in [6.45, 7) is 3.74. The van der Waals surface area contributed by atoms with Gasteiger partial charge in [-0.15, -0.1) is 0 Å². The molecule has 0 bridgehead atoms. The van der Waals surface area contributed by atoms with Gasteiger partial charge in [0.2, 0.25) is 0 Å². The fourth-order valence-electron chi connectivity index (χ4n) is 0.660. The van der Waals surface area contributed by atoms with E-state index in [-0.39, 0.29) is 2.12 Å². The van der Waals surface area contributed by atoms with Gasteiger partial charge in [0.15, 0.2) is 2.12 Å². The molecule has 14 heavy (non-hydrogen) atoms. The third-order valence-corrected chi connectivity index (χ3v) is 1.99. The molecule has 0 spiro atoms. The summed E-state index contributed by atoms with van der Waals surface area (Å²) >= 11 is 4.39. The first-order valence-corrected chi connectivity index (χ1v) is 6.80. The van der Waals surface area contributed by atoms with Crippen LogP contribution in [0.4, 0.5) is 0 Å². The summed E-state index contributed by atoms with van der Waals surface area (Å²) in [5.41, 5.74) is 0. The third-order valence-electron chi connectivity index (χ3n) is 1.28. The van der Waals surface area contributed by atoms with Crippen molar-refractivity contribution in [1.29, 1.82) is 0 Å². The number of methoxy groups -OCH3 is 1. The van der Waals surface area contributed by atoms with Crippen LogP contribution in [0.2, 0.25) is 0 Å². The lowest BCUT2D eigenvalue weighted by molar-refractivity contribution is 0.00889. The highest BCUT2D eigenvalue weighted by Gasteiger charge is 1.95. The smallest absolute Gasteiger partial charge is 0.159 e. The highest BCUT2D eigenvalue weighted by molar-refractivity contribution is 14.2. The van der Waals surface area contributed by atoms with E-state index in [2.05, 4.69) is 45.2 Å². The lowest BCUT2D eigenvalue weighted by atomic mass is 10.7. The standard InChI is InChI=1S/C8H16I2O4/c1-11-2-3-12-4-5-13-6-7-14-8(9)10/h8H,2-7H2,1H3. The summed E-state index contributed by atoms with van der Waals surface area (Å²) < 4.78 is 20.8. The molecule has 0 aromatic rings. The summed E-state index contributed by atoms with van der Waals surface area (Å²) in [5.74, 6) is 0. The Hall–Kier alpha value is 1.30. The molecule has 0 aliphatic heterocycles. The molecule has 0 rings (SSSR count). The van der Waals surface area contributed by atoms with Crippen LogP contribution in [0, 0.1) is 0 Å². The first-order chi connectivity index (χ1) is 6.77. The predicted molar refractivity (Wildman–Crippen MR) is 71.3 cm³/mol. The molecule has 6 heteroatoms. The first-order valence-electron chi connectivity index (χ1n) is 4.31. The highest BCUT2D eigenvalue weighted by atomic mass is 127. The zero-order valence-corrected chi connectivity index (χ0v) is 12.5. The molecule has 0 atom stereocenters. The van der Waals surface area contributed by atoms with E-state index in [1.54, 1.807) is 7.11 Å². The minimum Gasteiger partial charge on any atom is -0.382 e. The van der Waals surface area contributed by atoms with Gasteiger partial charge in [0.25, 0.3) is 0 Å². The Kier molecular flexibility index (Phi) is 13.5. The fourth-order valence-corrected chi connectivity index (χ4v) is 1.17. The van der Waals surface area contributed by atoms with Crippen LogP contribution in [0.1, 0.15) is 0 Å². The van der Waals surface area contributed by atoms with Gasteiger partial charge in [-0.3, -0.25) is 0 Å². The van der Waals surface area contributed by atoms with Gasteiger partial charge in [0, 0.05) is 7.11 Å². The van der Waals surface area contributed by atoms with E-state index < -0.39 is 0 Å². The van der Waals surface area contributed by atoms with Crippen LogP contribution in [0.15, 0.2) is 0 Å². The number of hydrogen-bond donors (Lipinski definition) is 0. The molecule has 0 saturated heterocycles. The van der Waals surface area contributed by atoms with E-state index in [0.29, 0.717) is 39.6 Å². The summed E-state index contributed by atoms with van der Waals surface area (Å²) in [6.07, 6.45) is 0. The molecule has 0 unspecified atom stereocenters. The maximum absolute atomic E-state index is 5.27. The second kappa shape index (κ2) is 12.4. The summed E-state index contributed by atoms with van der Waals surface area (Å²) in [5, 5.41) is 0. The van der Waals surface area contributed by atoms with Gasteiger partial charge in [-0.25, -0.2) is 0 Å². The van der Waals surface area contributed by atoms with Crippen LogP contribution in [-0.4, -0.2) is 48.9 Å². The summed E-state index contributed by atoms with van der Waals surface area (Å²) in [6, 6.07) is 0. The van der Waals surface area contributed by atoms with Gasteiger partial charge in [-0.05, 0) is 45.2 Å². The normalized spacial score (nSPS) is 11.1. The van der Waals surface area contributed by atoms with Crippen LogP contribution in [0.5, 0.6) is 0 Å². The van der Waals surface area contributed by atoms with Crippen molar-refractivity contribution >= 4 is 45.2 Å². The largest absolute Gasteiger partial charge is 0.382 e. The minimum absolute atomic E-state index is 0.215. The van der Waals surface area contributed by atoms with Gasteiger partial charge >= 0.3 is 0 Å². The molecule has 0 amide bonds. The molecular weight excluding hydrogens is 414 g/mol. The van der Waals surface area contributed by atoms with Crippen molar-refractivity contribution in [1.82, 2.24) is 0 Å². The number of ether oxygens (including phenoxy) is 4. The quantitative estimate of drug-likeness (QED) is 0.301.